The lowest BCUT2D eigenvalue weighted by atomic mass is 9.87. The molecule has 1 unspecified atom stereocenters. The fourth-order valence-electron chi connectivity index (χ4n) is 2.99. The number of nitrogens with two attached hydrogens (primary N) is 1. The molecule has 1 saturated heterocycles. The molecule has 1 fully saturated rings. The van der Waals surface area contributed by atoms with Crippen molar-refractivity contribution in [3.63, 3.8) is 0 Å². The summed E-state index contributed by atoms with van der Waals surface area (Å²) in [6, 6.07) is 5.55. The van der Waals surface area contributed by atoms with Crippen molar-refractivity contribution in [1.29, 1.82) is 0 Å². The van der Waals surface area contributed by atoms with Gasteiger partial charge in [-0.1, -0.05) is 20.8 Å². The number of carbonyl (C=O) groups excluding carboxylic acids is 1. The molecule has 3 N–H and O–H groups in total. The Hall–Kier alpha value is -1.79. The van der Waals surface area contributed by atoms with Gasteiger partial charge in [-0.05, 0) is 29.5 Å². The number of nitrogens with zero attached hydrogens (tertiary/aromatic N) is 1. The molecule has 0 bridgehead atoms. The largest absolute Gasteiger partial charge is 0.497 e. The Morgan fingerprint density at radius 3 is 2.40 bits per heavy atom. The predicted molar refractivity (Wildman–Crippen MR) is 98.8 cm³/mol. The van der Waals surface area contributed by atoms with Crippen molar-refractivity contribution in [1.82, 2.24) is 10.2 Å². The average Bonchev–Trinajstić information content (AvgIpc) is 2.99. The van der Waals surface area contributed by atoms with Gasteiger partial charge in [-0.25, -0.2) is 0 Å². The van der Waals surface area contributed by atoms with E-state index in [4.69, 9.17) is 15.2 Å². The first kappa shape index (κ1) is 19.5. The number of amides is 1. The first-order valence-electron chi connectivity index (χ1n) is 8.73. The molecule has 2 rings (SSSR count). The van der Waals surface area contributed by atoms with Crippen LogP contribution in [0, 0.1) is 5.41 Å². The fourth-order valence-corrected chi connectivity index (χ4v) is 2.99. The van der Waals surface area contributed by atoms with Crippen LogP contribution in [-0.4, -0.2) is 50.2 Å². The van der Waals surface area contributed by atoms with Gasteiger partial charge >= 0.3 is 0 Å². The quantitative estimate of drug-likeness (QED) is 0.818. The summed E-state index contributed by atoms with van der Waals surface area (Å²) in [7, 11) is 3.30. The molecule has 1 heterocycles. The van der Waals surface area contributed by atoms with Crippen molar-refractivity contribution in [2.45, 2.75) is 45.8 Å². The number of likely N-dealkylation sites (tertiary alicyclic amines) is 1. The Bertz CT molecular complexity index is 576. The number of carbonyl (C=O) groups is 1. The van der Waals surface area contributed by atoms with Crippen LogP contribution >= 0.6 is 0 Å². The minimum absolute atomic E-state index is 0.0672. The van der Waals surface area contributed by atoms with E-state index < -0.39 is 6.04 Å². The standard InChI is InChI=1S/C19H31N3O3/c1-19(2,3)17(20)18(23)21-14-6-7-22(12-14)11-13-8-15(24-4)10-16(9-13)25-5/h8-10,14,17H,6-7,11-12,20H2,1-5H3,(H,21,23)/t14?,17-/m1/s1. The van der Waals surface area contributed by atoms with E-state index in [9.17, 15) is 4.79 Å². The molecule has 1 aromatic carbocycles. The maximum Gasteiger partial charge on any atom is 0.237 e. The molecule has 140 valence electrons. The van der Waals surface area contributed by atoms with Crippen molar-refractivity contribution in [3.05, 3.63) is 23.8 Å². The zero-order chi connectivity index (χ0) is 18.6. The molecule has 6 nitrogen and oxygen atoms in total. The summed E-state index contributed by atoms with van der Waals surface area (Å²) in [6.45, 7) is 8.50. The van der Waals surface area contributed by atoms with Crippen LogP contribution < -0.4 is 20.5 Å². The van der Waals surface area contributed by atoms with E-state index in [0.29, 0.717) is 0 Å². The van der Waals surface area contributed by atoms with Crippen LogP contribution in [0.3, 0.4) is 0 Å². The summed E-state index contributed by atoms with van der Waals surface area (Å²) in [4.78, 5) is 14.6. The van der Waals surface area contributed by atoms with Crippen molar-refractivity contribution >= 4 is 5.91 Å². The van der Waals surface area contributed by atoms with Crippen LogP contribution in [0.5, 0.6) is 11.5 Å². The maximum absolute atomic E-state index is 12.3. The lowest BCUT2D eigenvalue weighted by Gasteiger charge is -2.27. The monoisotopic (exact) mass is 349 g/mol. The van der Waals surface area contributed by atoms with E-state index in [0.717, 1.165) is 43.1 Å². The minimum Gasteiger partial charge on any atom is -0.497 e. The van der Waals surface area contributed by atoms with Crippen LogP contribution in [0.4, 0.5) is 0 Å². The summed E-state index contributed by atoms with van der Waals surface area (Å²) in [5.74, 6) is 1.51. The van der Waals surface area contributed by atoms with E-state index in [1.165, 1.54) is 0 Å². The van der Waals surface area contributed by atoms with Crippen LogP contribution in [0.25, 0.3) is 0 Å². The number of methoxy groups -OCH3 is 2. The molecule has 1 aliphatic rings. The molecule has 0 aliphatic carbocycles. The molecular formula is C19H31N3O3. The number of nitrogens with one attached hydrogen (secondary N) is 1. The van der Waals surface area contributed by atoms with Gasteiger partial charge in [-0.2, -0.15) is 0 Å². The normalized spacial score (nSPS) is 19.5. The van der Waals surface area contributed by atoms with Gasteiger partial charge in [-0.15, -0.1) is 0 Å². The minimum atomic E-state index is -0.496. The van der Waals surface area contributed by atoms with E-state index in [1.54, 1.807) is 14.2 Å². The van der Waals surface area contributed by atoms with Crippen molar-refractivity contribution in [2.24, 2.45) is 11.1 Å². The highest BCUT2D eigenvalue weighted by Crippen LogP contribution is 2.24. The third-order valence-electron chi connectivity index (χ3n) is 4.65. The highest BCUT2D eigenvalue weighted by molar-refractivity contribution is 5.82. The fraction of sp³-hybridized carbons (Fsp3) is 0.632. The zero-order valence-corrected chi connectivity index (χ0v) is 16.0. The predicted octanol–water partition coefficient (Wildman–Crippen LogP) is 1.77. The summed E-state index contributed by atoms with van der Waals surface area (Å²) >= 11 is 0. The highest BCUT2D eigenvalue weighted by Gasteiger charge is 2.31. The molecule has 0 saturated carbocycles. The third-order valence-corrected chi connectivity index (χ3v) is 4.65. The van der Waals surface area contributed by atoms with Crippen molar-refractivity contribution in [3.8, 4) is 11.5 Å². The Labute approximate surface area is 150 Å². The van der Waals surface area contributed by atoms with Crippen LogP contribution in [-0.2, 0) is 11.3 Å². The second-order valence-corrected chi connectivity index (χ2v) is 7.79. The molecule has 2 atom stereocenters. The Morgan fingerprint density at radius 1 is 1.28 bits per heavy atom. The molecule has 1 aromatic rings. The second-order valence-electron chi connectivity index (χ2n) is 7.79. The van der Waals surface area contributed by atoms with Gasteiger partial charge in [0, 0.05) is 31.7 Å². The molecule has 0 radical (unpaired) electrons. The summed E-state index contributed by atoms with van der Waals surface area (Å²) in [5.41, 5.74) is 6.94. The number of rotatable bonds is 6. The SMILES string of the molecule is COc1cc(CN2CCC(NC(=O)[C@@H](N)C(C)(C)C)C2)cc(OC)c1. The second kappa shape index (κ2) is 8.06. The van der Waals surface area contributed by atoms with Gasteiger partial charge in [0.05, 0.1) is 20.3 Å². The summed E-state index contributed by atoms with van der Waals surface area (Å²) in [5, 5.41) is 3.09. The van der Waals surface area contributed by atoms with E-state index in [-0.39, 0.29) is 17.4 Å². The van der Waals surface area contributed by atoms with Crippen LogP contribution in [0.2, 0.25) is 0 Å². The highest BCUT2D eigenvalue weighted by atomic mass is 16.5. The Kier molecular flexibility index (Phi) is 6.30. The molecule has 0 spiro atoms. The van der Waals surface area contributed by atoms with E-state index >= 15 is 0 Å². The van der Waals surface area contributed by atoms with Crippen LogP contribution in [0.15, 0.2) is 18.2 Å². The number of benzene rings is 1. The molecule has 0 aromatic heterocycles. The van der Waals surface area contributed by atoms with Gasteiger partial charge in [0.2, 0.25) is 5.91 Å². The smallest absolute Gasteiger partial charge is 0.237 e. The first-order valence-corrected chi connectivity index (χ1v) is 8.73. The van der Waals surface area contributed by atoms with E-state index in [1.807, 2.05) is 39.0 Å². The molecular weight excluding hydrogens is 318 g/mol. The molecule has 25 heavy (non-hydrogen) atoms. The number of hydrogen-bond donors (Lipinski definition) is 2. The zero-order valence-electron chi connectivity index (χ0n) is 16.0. The molecule has 1 amide bonds. The van der Waals surface area contributed by atoms with Gasteiger partial charge < -0.3 is 20.5 Å². The van der Waals surface area contributed by atoms with Gasteiger partial charge in [0.15, 0.2) is 0 Å². The first-order chi connectivity index (χ1) is 11.7. The Balaban J connectivity index is 1.92. The average molecular weight is 349 g/mol. The molecule has 1 aliphatic heterocycles. The van der Waals surface area contributed by atoms with Gasteiger partial charge in [0.25, 0.3) is 0 Å². The number of hydrogen-bond acceptors (Lipinski definition) is 5. The van der Waals surface area contributed by atoms with Crippen molar-refractivity contribution in [2.75, 3.05) is 27.3 Å². The topological polar surface area (TPSA) is 76.8 Å². The third kappa shape index (κ3) is 5.34. The van der Waals surface area contributed by atoms with Gasteiger partial charge in [0.1, 0.15) is 11.5 Å². The molecule has 6 heteroatoms. The lowest BCUT2D eigenvalue weighted by molar-refractivity contribution is -0.125. The van der Waals surface area contributed by atoms with Crippen molar-refractivity contribution < 1.29 is 14.3 Å². The van der Waals surface area contributed by atoms with E-state index in [2.05, 4.69) is 10.2 Å². The maximum atomic E-state index is 12.3. The summed E-state index contributed by atoms with van der Waals surface area (Å²) < 4.78 is 10.6. The lowest BCUT2D eigenvalue weighted by Crippen LogP contribution is -2.51. The van der Waals surface area contributed by atoms with Crippen LogP contribution in [0.1, 0.15) is 32.8 Å². The Morgan fingerprint density at radius 2 is 1.88 bits per heavy atom. The number of ether oxygens (including phenoxy) is 2. The summed E-state index contributed by atoms with van der Waals surface area (Å²) in [6.07, 6.45) is 0.934. The van der Waals surface area contributed by atoms with Gasteiger partial charge in [-0.3, -0.25) is 9.69 Å².